The van der Waals surface area contributed by atoms with E-state index in [1.165, 1.54) is 70.3 Å². The van der Waals surface area contributed by atoms with E-state index in [2.05, 4.69) is 148 Å². The lowest BCUT2D eigenvalue weighted by Crippen LogP contribution is -2.64. The molecule has 0 saturated carbocycles. The fourth-order valence-corrected chi connectivity index (χ4v) is 24.7. The standard InChI is InChI=1S/C43H98O4Si5/c1-23-28-29-30-31-32-33-34-35-36-37-52(22,40(7,8)38(6)44-51(20,21)43(11,27-5)46-49(15,16)17)45-39(24-2)41(9,25-3)50(18,19)47-42(10,26-4)48(12,13)14/h38-39H,23-37H2,1-22H3. The van der Waals surface area contributed by atoms with Gasteiger partial charge in [-0.2, -0.15) is 0 Å². The summed E-state index contributed by atoms with van der Waals surface area (Å²) in [6, 6.07) is 1.18. The molecule has 0 aromatic carbocycles. The smallest absolute Gasteiger partial charge is 0.216 e. The summed E-state index contributed by atoms with van der Waals surface area (Å²) in [5.74, 6) is 0. The van der Waals surface area contributed by atoms with Gasteiger partial charge in [0.05, 0.1) is 13.3 Å². The Hall–Kier alpha value is 0.924. The van der Waals surface area contributed by atoms with Crippen LogP contribution in [0.2, 0.25) is 88.1 Å². The molecule has 0 amide bonds. The highest BCUT2D eigenvalue weighted by Crippen LogP contribution is 2.54. The summed E-state index contributed by atoms with van der Waals surface area (Å²) in [4.78, 5) is 0. The minimum atomic E-state index is -2.40. The Kier molecular flexibility index (Phi) is 21.5. The molecular formula is C43H98O4Si5. The Morgan fingerprint density at radius 1 is 0.500 bits per heavy atom. The van der Waals surface area contributed by atoms with E-state index in [0.29, 0.717) is 0 Å². The number of rotatable bonds is 29. The molecule has 4 nitrogen and oxygen atoms in total. The average molecular weight is 820 g/mol. The molecule has 6 atom stereocenters. The van der Waals surface area contributed by atoms with Crippen LogP contribution < -0.4 is 0 Å². The summed E-state index contributed by atoms with van der Waals surface area (Å²) in [5, 5.41) is -0.367. The predicted molar refractivity (Wildman–Crippen MR) is 248 cm³/mol. The van der Waals surface area contributed by atoms with Gasteiger partial charge in [0.15, 0.2) is 25.0 Å². The first kappa shape index (κ1) is 52.9. The Balaban J connectivity index is 6.70. The first-order valence-corrected chi connectivity index (χ1v) is 37.5. The van der Waals surface area contributed by atoms with Crippen molar-refractivity contribution in [3.05, 3.63) is 0 Å². The number of hydrogen-bond donors (Lipinski definition) is 0. The van der Waals surface area contributed by atoms with Crippen molar-refractivity contribution in [1.82, 2.24) is 0 Å². The van der Waals surface area contributed by atoms with E-state index >= 15 is 0 Å². The molecule has 0 aliphatic carbocycles. The monoisotopic (exact) mass is 819 g/mol. The molecule has 0 spiro atoms. The first-order chi connectivity index (χ1) is 23.5. The third kappa shape index (κ3) is 14.1. The highest BCUT2D eigenvalue weighted by molar-refractivity contribution is 6.82. The molecule has 0 aromatic rings. The van der Waals surface area contributed by atoms with Gasteiger partial charge in [-0.3, -0.25) is 0 Å². The van der Waals surface area contributed by atoms with Crippen molar-refractivity contribution in [1.29, 1.82) is 0 Å². The zero-order valence-electron chi connectivity index (χ0n) is 39.9. The quantitative estimate of drug-likeness (QED) is 0.0556. The number of hydrogen-bond acceptors (Lipinski definition) is 4. The van der Waals surface area contributed by atoms with Gasteiger partial charge >= 0.3 is 0 Å². The maximum Gasteiger partial charge on any atom is 0.216 e. The van der Waals surface area contributed by atoms with Gasteiger partial charge < -0.3 is 17.7 Å². The van der Waals surface area contributed by atoms with E-state index in [0.717, 1.165) is 25.7 Å². The van der Waals surface area contributed by atoms with Gasteiger partial charge in [-0.25, -0.2) is 0 Å². The van der Waals surface area contributed by atoms with E-state index in [-0.39, 0.29) is 32.7 Å². The van der Waals surface area contributed by atoms with Crippen molar-refractivity contribution in [3.8, 4) is 0 Å². The van der Waals surface area contributed by atoms with Crippen molar-refractivity contribution in [2.24, 2.45) is 0 Å². The molecule has 0 radical (unpaired) electrons. The van der Waals surface area contributed by atoms with Crippen LogP contribution in [0.3, 0.4) is 0 Å². The Morgan fingerprint density at radius 2 is 0.942 bits per heavy atom. The van der Waals surface area contributed by atoms with Crippen molar-refractivity contribution >= 4 is 41.3 Å². The Morgan fingerprint density at radius 3 is 1.31 bits per heavy atom. The normalized spacial score (nSPS) is 19.7. The summed E-state index contributed by atoms with van der Waals surface area (Å²) in [7, 11) is -10.3. The zero-order valence-corrected chi connectivity index (χ0v) is 44.9. The van der Waals surface area contributed by atoms with E-state index in [1.807, 2.05) is 0 Å². The summed E-state index contributed by atoms with van der Waals surface area (Å²) >= 11 is 0. The van der Waals surface area contributed by atoms with Gasteiger partial charge in [-0.1, -0.05) is 139 Å². The maximum atomic E-state index is 7.96. The fraction of sp³-hybridized carbons (Fsp3) is 1.00. The summed E-state index contributed by atoms with van der Waals surface area (Å²) in [6.45, 7) is 53.2. The van der Waals surface area contributed by atoms with Crippen LogP contribution in [0.4, 0.5) is 0 Å². The van der Waals surface area contributed by atoms with Crippen LogP contribution in [0.15, 0.2) is 0 Å². The second kappa shape index (κ2) is 21.1. The molecule has 0 aliphatic heterocycles. The zero-order chi connectivity index (χ0) is 41.1. The van der Waals surface area contributed by atoms with Crippen LogP contribution >= 0.6 is 0 Å². The van der Waals surface area contributed by atoms with Crippen molar-refractivity contribution < 1.29 is 17.7 Å². The molecular weight excluding hydrogens is 721 g/mol. The molecule has 6 unspecified atom stereocenters. The molecule has 9 heteroatoms. The lowest BCUT2D eigenvalue weighted by atomic mass is 9.98. The van der Waals surface area contributed by atoms with Crippen LogP contribution in [-0.2, 0) is 17.7 Å². The van der Waals surface area contributed by atoms with Crippen LogP contribution in [0.25, 0.3) is 0 Å². The second-order valence-corrected chi connectivity index (χ2v) is 44.3. The minimum absolute atomic E-state index is 0.00990. The average Bonchev–Trinajstić information content (AvgIpc) is 3.01. The molecule has 0 rings (SSSR count). The SMILES string of the molecule is CCCCCCCCCCCC[Si](C)(OC(CC)C(C)(CC)[Si](C)(C)OC(C)(CC)[Si](C)(C)C)C(C)(C)C(C)O[Si](C)(C)C(C)(CC)O[Si](C)(C)C. The van der Waals surface area contributed by atoms with Crippen LogP contribution in [0.5, 0.6) is 0 Å². The van der Waals surface area contributed by atoms with Crippen molar-refractivity contribution in [3.63, 3.8) is 0 Å². The molecule has 52 heavy (non-hydrogen) atoms. The third-order valence-electron chi connectivity index (χ3n) is 14.7. The highest BCUT2D eigenvalue weighted by atomic mass is 28.4. The summed E-state index contributed by atoms with van der Waals surface area (Å²) < 4.78 is 29.9. The van der Waals surface area contributed by atoms with Crippen LogP contribution in [0, 0.1) is 0 Å². The first-order valence-electron chi connectivity index (χ1n) is 22.2. The van der Waals surface area contributed by atoms with Gasteiger partial charge in [-0.15, -0.1) is 0 Å². The van der Waals surface area contributed by atoms with Gasteiger partial charge in [0.1, 0.15) is 0 Å². The van der Waals surface area contributed by atoms with Gasteiger partial charge in [0, 0.05) is 27.5 Å². The van der Waals surface area contributed by atoms with Crippen molar-refractivity contribution in [2.45, 2.75) is 277 Å². The second-order valence-electron chi connectivity index (χ2n) is 21.2. The molecule has 0 fully saturated rings. The maximum absolute atomic E-state index is 7.96. The van der Waals surface area contributed by atoms with Gasteiger partial charge in [-0.05, 0) is 105 Å². The van der Waals surface area contributed by atoms with Gasteiger partial charge in [0.2, 0.25) is 8.32 Å². The lowest BCUT2D eigenvalue weighted by Gasteiger charge is -2.56. The molecule has 0 N–H and O–H groups in total. The Labute approximate surface area is 334 Å². The summed E-state index contributed by atoms with van der Waals surface area (Å²) in [5.41, 5.74) is 0. The van der Waals surface area contributed by atoms with Gasteiger partial charge in [0.25, 0.3) is 0 Å². The fourth-order valence-electron chi connectivity index (χ4n) is 8.38. The molecule has 314 valence electrons. The molecule has 0 heterocycles. The van der Waals surface area contributed by atoms with E-state index in [4.69, 9.17) is 17.7 Å². The highest BCUT2D eigenvalue weighted by Gasteiger charge is 2.58. The lowest BCUT2D eigenvalue weighted by molar-refractivity contribution is 0.0613. The molecule has 0 aliphatic rings. The van der Waals surface area contributed by atoms with E-state index < -0.39 is 41.3 Å². The van der Waals surface area contributed by atoms with Crippen LogP contribution in [-0.4, -0.2) is 64.0 Å². The van der Waals surface area contributed by atoms with Crippen molar-refractivity contribution in [2.75, 3.05) is 0 Å². The predicted octanol–water partition coefficient (Wildman–Crippen LogP) is 15.7. The largest absolute Gasteiger partial charge is 0.414 e. The van der Waals surface area contributed by atoms with E-state index in [9.17, 15) is 0 Å². The van der Waals surface area contributed by atoms with E-state index in [1.54, 1.807) is 0 Å². The molecule has 0 saturated heterocycles. The van der Waals surface area contributed by atoms with Crippen LogP contribution in [0.1, 0.15) is 166 Å². The Bertz CT molecular complexity index is 1010. The number of unbranched alkanes of at least 4 members (excludes halogenated alkanes) is 9. The third-order valence-corrected chi connectivity index (χ3v) is 33.4. The molecule has 0 bridgehead atoms. The topological polar surface area (TPSA) is 36.9 Å². The molecule has 0 aromatic heterocycles. The minimum Gasteiger partial charge on any atom is -0.414 e. The summed E-state index contributed by atoms with van der Waals surface area (Å²) in [6.07, 6.45) is 18.0.